The fourth-order valence-electron chi connectivity index (χ4n) is 1.06. The van der Waals surface area contributed by atoms with Gasteiger partial charge in [0.05, 0.1) is 13.2 Å². The fourth-order valence-corrected chi connectivity index (χ4v) is 1.06. The molecule has 0 aromatic rings. The summed E-state index contributed by atoms with van der Waals surface area (Å²) >= 11 is 0. The van der Waals surface area contributed by atoms with Crippen molar-refractivity contribution < 1.29 is 30.0 Å². The molecule has 0 bridgehead atoms. The van der Waals surface area contributed by atoms with Gasteiger partial charge in [0.1, 0.15) is 24.4 Å². The predicted molar refractivity (Wildman–Crippen MR) is 57.1 cm³/mol. The van der Waals surface area contributed by atoms with Crippen molar-refractivity contribution in [2.45, 2.75) is 24.4 Å². The highest BCUT2D eigenvalue weighted by atomic mass is 16.4. The number of aliphatic hydroxyl groups is 4. The standard InChI is InChI=1S/C8H14N4O6/c9-5(6(16)3(14)1-11-12-10)8(18)7(17)4(15)2-13/h4-5,7-8,13,15,17-18H,1-2,9H2/t4-,5+,7-,8-/m1/s1. The van der Waals surface area contributed by atoms with E-state index < -0.39 is 49.1 Å². The van der Waals surface area contributed by atoms with Crippen LogP contribution in [-0.2, 0) is 9.59 Å². The second-order valence-electron chi connectivity index (χ2n) is 3.43. The molecular formula is C8H14N4O6. The molecule has 0 spiro atoms. The molecule has 0 unspecified atom stereocenters. The van der Waals surface area contributed by atoms with Crippen LogP contribution in [0.15, 0.2) is 5.11 Å². The first kappa shape index (κ1) is 16.4. The van der Waals surface area contributed by atoms with Gasteiger partial charge < -0.3 is 26.2 Å². The normalized spacial score (nSPS) is 17.2. The number of hydrogen-bond acceptors (Lipinski definition) is 8. The van der Waals surface area contributed by atoms with Crippen molar-refractivity contribution in [1.82, 2.24) is 0 Å². The minimum atomic E-state index is -1.94. The van der Waals surface area contributed by atoms with Crippen molar-refractivity contribution >= 4 is 11.6 Å². The lowest BCUT2D eigenvalue weighted by Crippen LogP contribution is -2.54. The summed E-state index contributed by atoms with van der Waals surface area (Å²) in [6.07, 6.45) is -5.53. The van der Waals surface area contributed by atoms with Gasteiger partial charge >= 0.3 is 0 Å². The third-order valence-electron chi connectivity index (χ3n) is 2.15. The molecule has 0 aromatic carbocycles. The molecular weight excluding hydrogens is 248 g/mol. The van der Waals surface area contributed by atoms with Crippen LogP contribution in [0.1, 0.15) is 0 Å². The van der Waals surface area contributed by atoms with Crippen LogP contribution in [-0.4, -0.2) is 69.5 Å². The number of aliphatic hydroxyl groups excluding tert-OH is 4. The van der Waals surface area contributed by atoms with Gasteiger partial charge in [-0.25, -0.2) is 0 Å². The molecule has 0 aromatic heterocycles. The molecule has 10 heteroatoms. The zero-order valence-electron chi connectivity index (χ0n) is 9.25. The molecule has 0 aliphatic carbocycles. The average Bonchev–Trinajstić information content (AvgIpc) is 2.40. The van der Waals surface area contributed by atoms with Crippen LogP contribution >= 0.6 is 0 Å². The maximum Gasteiger partial charge on any atom is 0.217 e. The quantitative estimate of drug-likeness (QED) is 0.132. The molecule has 4 atom stereocenters. The highest BCUT2D eigenvalue weighted by Crippen LogP contribution is 2.05. The molecule has 0 fully saturated rings. The summed E-state index contributed by atoms with van der Waals surface area (Å²) in [5.74, 6) is -2.39. The van der Waals surface area contributed by atoms with Crippen LogP contribution in [0, 0.1) is 0 Å². The Balaban J connectivity index is 4.62. The summed E-state index contributed by atoms with van der Waals surface area (Å²) in [5.41, 5.74) is 13.2. The van der Waals surface area contributed by atoms with Crippen LogP contribution in [0.5, 0.6) is 0 Å². The SMILES string of the molecule is [N-]=[N+]=NCC(=O)C(=O)[C@H](N)[C@@H](O)[C@H](O)[C@H](O)CO. The monoisotopic (exact) mass is 262 g/mol. The van der Waals surface area contributed by atoms with Crippen molar-refractivity contribution in [2.75, 3.05) is 13.2 Å². The van der Waals surface area contributed by atoms with E-state index in [0.29, 0.717) is 0 Å². The van der Waals surface area contributed by atoms with E-state index in [4.69, 9.17) is 21.5 Å². The number of nitrogens with two attached hydrogens (primary N) is 1. The summed E-state index contributed by atoms with van der Waals surface area (Å²) in [5, 5.41) is 39.1. The molecule has 18 heavy (non-hydrogen) atoms. The molecule has 0 aliphatic rings. The van der Waals surface area contributed by atoms with Crippen LogP contribution in [0.25, 0.3) is 10.4 Å². The molecule has 0 saturated carbocycles. The number of ketones is 2. The highest BCUT2D eigenvalue weighted by Gasteiger charge is 2.35. The number of azide groups is 1. The van der Waals surface area contributed by atoms with E-state index in [0.717, 1.165) is 0 Å². The Hall–Kier alpha value is -1.55. The van der Waals surface area contributed by atoms with E-state index in [1.807, 2.05) is 0 Å². The molecule has 102 valence electrons. The predicted octanol–water partition coefficient (Wildman–Crippen LogP) is -3.16. The van der Waals surface area contributed by atoms with Gasteiger partial charge in [-0.3, -0.25) is 9.59 Å². The molecule has 10 nitrogen and oxygen atoms in total. The summed E-state index contributed by atoms with van der Waals surface area (Å²) < 4.78 is 0. The Morgan fingerprint density at radius 1 is 1.28 bits per heavy atom. The third-order valence-corrected chi connectivity index (χ3v) is 2.15. The number of rotatable bonds is 8. The van der Waals surface area contributed by atoms with E-state index in [1.54, 1.807) is 0 Å². The zero-order valence-corrected chi connectivity index (χ0v) is 9.25. The Morgan fingerprint density at radius 3 is 2.28 bits per heavy atom. The maximum atomic E-state index is 11.3. The van der Waals surface area contributed by atoms with Crippen molar-refractivity contribution in [3.8, 4) is 0 Å². The van der Waals surface area contributed by atoms with Gasteiger partial charge in [0.25, 0.3) is 0 Å². The largest absolute Gasteiger partial charge is 0.394 e. The van der Waals surface area contributed by atoms with Crippen molar-refractivity contribution in [3.05, 3.63) is 10.4 Å². The minimum Gasteiger partial charge on any atom is -0.394 e. The maximum absolute atomic E-state index is 11.3. The summed E-state index contributed by atoms with van der Waals surface area (Å²) in [7, 11) is 0. The lowest BCUT2D eigenvalue weighted by atomic mass is 9.97. The van der Waals surface area contributed by atoms with Gasteiger partial charge in [0, 0.05) is 4.91 Å². The first-order valence-electron chi connectivity index (χ1n) is 4.85. The minimum absolute atomic E-state index is 0.756. The lowest BCUT2D eigenvalue weighted by Gasteiger charge is -2.24. The van der Waals surface area contributed by atoms with Gasteiger partial charge in [-0.1, -0.05) is 5.11 Å². The number of hydrogen-bond donors (Lipinski definition) is 5. The van der Waals surface area contributed by atoms with Crippen LogP contribution in [0.4, 0.5) is 0 Å². The topological polar surface area (TPSA) is 190 Å². The molecule has 0 rings (SSSR count). The van der Waals surface area contributed by atoms with Crippen molar-refractivity contribution in [2.24, 2.45) is 10.8 Å². The summed E-state index contributed by atoms with van der Waals surface area (Å²) in [6, 6.07) is -1.79. The number of nitrogens with zero attached hydrogens (tertiary/aromatic N) is 3. The Morgan fingerprint density at radius 2 is 1.83 bits per heavy atom. The molecule has 0 aliphatic heterocycles. The van der Waals surface area contributed by atoms with Gasteiger partial charge in [0.2, 0.25) is 11.6 Å². The average molecular weight is 262 g/mol. The first-order chi connectivity index (χ1) is 8.36. The third kappa shape index (κ3) is 4.37. The fraction of sp³-hybridized carbons (Fsp3) is 0.750. The van der Waals surface area contributed by atoms with E-state index in [1.165, 1.54) is 0 Å². The van der Waals surface area contributed by atoms with Crippen molar-refractivity contribution in [1.29, 1.82) is 0 Å². The van der Waals surface area contributed by atoms with Gasteiger partial charge in [0.15, 0.2) is 0 Å². The van der Waals surface area contributed by atoms with E-state index in [9.17, 15) is 19.8 Å². The Labute approximate surface area is 101 Å². The summed E-state index contributed by atoms with van der Waals surface area (Å²) in [4.78, 5) is 24.7. The second kappa shape index (κ2) is 7.71. The molecule has 0 saturated heterocycles. The second-order valence-corrected chi connectivity index (χ2v) is 3.43. The van der Waals surface area contributed by atoms with E-state index >= 15 is 0 Å². The molecule has 0 heterocycles. The summed E-state index contributed by atoms with van der Waals surface area (Å²) in [6.45, 7) is -1.61. The van der Waals surface area contributed by atoms with Crippen LogP contribution < -0.4 is 5.73 Å². The smallest absolute Gasteiger partial charge is 0.217 e. The number of carbonyl (C=O) groups is 2. The van der Waals surface area contributed by atoms with Gasteiger partial charge in [-0.05, 0) is 5.53 Å². The van der Waals surface area contributed by atoms with Crippen LogP contribution in [0.3, 0.4) is 0 Å². The first-order valence-corrected chi connectivity index (χ1v) is 4.85. The number of Topliss-reactive ketones (excluding diaryl/α,β-unsaturated/α-hetero) is 2. The highest BCUT2D eigenvalue weighted by molar-refractivity contribution is 6.40. The molecule has 6 N–H and O–H groups in total. The Kier molecular flexibility index (Phi) is 7.05. The van der Waals surface area contributed by atoms with Gasteiger partial charge in [-0.2, -0.15) is 0 Å². The molecule has 0 radical (unpaired) electrons. The van der Waals surface area contributed by atoms with E-state index in [-0.39, 0.29) is 0 Å². The van der Waals surface area contributed by atoms with Crippen molar-refractivity contribution in [3.63, 3.8) is 0 Å². The zero-order chi connectivity index (χ0) is 14.3. The lowest BCUT2D eigenvalue weighted by molar-refractivity contribution is -0.141. The van der Waals surface area contributed by atoms with Gasteiger partial charge in [-0.15, -0.1) is 0 Å². The van der Waals surface area contributed by atoms with E-state index in [2.05, 4.69) is 10.0 Å². The number of carbonyl (C=O) groups excluding carboxylic acids is 2. The van der Waals surface area contributed by atoms with Crippen LogP contribution in [0.2, 0.25) is 0 Å². The molecule has 0 amide bonds. The Bertz CT molecular complexity index is 355.